The summed E-state index contributed by atoms with van der Waals surface area (Å²) in [5.41, 5.74) is 3.34. The van der Waals surface area contributed by atoms with Crippen molar-refractivity contribution in [1.82, 2.24) is 0 Å². The number of hydrogen-bond donors (Lipinski definition) is 0. The smallest absolute Gasteiger partial charge is 0.238 e. The van der Waals surface area contributed by atoms with Crippen LogP contribution in [0, 0.1) is 11.8 Å². The second-order valence-electron chi connectivity index (χ2n) is 8.69. The number of methoxy groups -OCH3 is 2. The molecule has 1 saturated carbocycles. The first-order chi connectivity index (χ1) is 16.0. The quantitative estimate of drug-likeness (QED) is 0.578. The van der Waals surface area contributed by atoms with Gasteiger partial charge in [-0.1, -0.05) is 48.5 Å². The molecule has 33 heavy (non-hydrogen) atoms. The molecule has 1 saturated heterocycles. The summed E-state index contributed by atoms with van der Waals surface area (Å²) in [5.74, 6) is -1.03. The fourth-order valence-corrected chi connectivity index (χ4v) is 5.85. The number of ether oxygens (including phenoxy) is 2. The normalized spacial score (nSPS) is 24.8. The van der Waals surface area contributed by atoms with Crippen LogP contribution in [0.1, 0.15) is 38.9 Å². The fraction of sp³-hybridized carbons (Fsp3) is 0.222. The molecular formula is C27H21NO5. The first kappa shape index (κ1) is 19.7. The lowest BCUT2D eigenvalue weighted by atomic mass is 9.53. The highest BCUT2D eigenvalue weighted by Crippen LogP contribution is 2.64. The van der Waals surface area contributed by atoms with Crippen molar-refractivity contribution in [2.45, 2.75) is 11.8 Å². The molecular weight excluding hydrogens is 418 g/mol. The number of imide groups is 1. The molecule has 1 heterocycles. The minimum atomic E-state index is -0.514. The van der Waals surface area contributed by atoms with Crippen molar-refractivity contribution in [2.75, 3.05) is 19.1 Å². The zero-order valence-electron chi connectivity index (χ0n) is 18.1. The maximum atomic E-state index is 13.7. The Morgan fingerprint density at radius 3 is 1.55 bits per heavy atom. The summed E-state index contributed by atoms with van der Waals surface area (Å²) in [6.07, 6.45) is 0. The molecule has 0 unspecified atom stereocenters. The maximum absolute atomic E-state index is 13.7. The van der Waals surface area contributed by atoms with Gasteiger partial charge in [0, 0.05) is 41.2 Å². The summed E-state index contributed by atoms with van der Waals surface area (Å²) >= 11 is 0. The summed E-state index contributed by atoms with van der Waals surface area (Å²) < 4.78 is 10.7. The van der Waals surface area contributed by atoms with Gasteiger partial charge in [-0.25, -0.2) is 4.90 Å². The van der Waals surface area contributed by atoms with Crippen molar-refractivity contribution in [3.05, 3.63) is 89.0 Å². The molecule has 6 rings (SSSR count). The Balaban J connectivity index is 1.51. The van der Waals surface area contributed by atoms with Crippen molar-refractivity contribution in [2.24, 2.45) is 11.8 Å². The number of carbonyl (C=O) groups is 3. The summed E-state index contributed by atoms with van der Waals surface area (Å²) in [6, 6.07) is 20.0. The van der Waals surface area contributed by atoms with E-state index in [1.54, 1.807) is 18.2 Å². The number of nitrogens with zero attached hydrogens (tertiary/aromatic N) is 1. The third-order valence-electron chi connectivity index (χ3n) is 7.28. The molecule has 2 fully saturated rings. The van der Waals surface area contributed by atoms with Crippen LogP contribution in [0.2, 0.25) is 0 Å². The largest absolute Gasteiger partial charge is 0.497 e. The van der Waals surface area contributed by atoms with Crippen LogP contribution in [0.15, 0.2) is 66.7 Å². The maximum Gasteiger partial charge on any atom is 0.238 e. The predicted octanol–water partition coefficient (Wildman–Crippen LogP) is 3.94. The van der Waals surface area contributed by atoms with Gasteiger partial charge in [0.2, 0.25) is 11.8 Å². The molecule has 0 N–H and O–H groups in total. The highest BCUT2D eigenvalue weighted by Gasteiger charge is 2.66. The molecule has 0 spiro atoms. The average molecular weight is 439 g/mol. The van der Waals surface area contributed by atoms with E-state index in [1.165, 1.54) is 19.1 Å². The summed E-state index contributed by atoms with van der Waals surface area (Å²) in [4.78, 5) is 42.0. The van der Waals surface area contributed by atoms with Gasteiger partial charge >= 0.3 is 0 Å². The third-order valence-corrected chi connectivity index (χ3v) is 7.28. The SMILES string of the molecule is COc1cc(OC)cc(N2C(=O)[C@@H]3[C@H](C2=O)[C@@H]2c4ccccc4C(=O)c4ccccc4[C@H]32)c1. The van der Waals surface area contributed by atoms with Gasteiger partial charge in [0.1, 0.15) is 11.5 Å². The molecule has 1 aliphatic heterocycles. The Hall–Kier alpha value is -3.93. The second kappa shape index (κ2) is 7.04. The Kier molecular flexibility index (Phi) is 4.21. The van der Waals surface area contributed by atoms with Crippen LogP contribution in [-0.2, 0) is 9.59 Å². The van der Waals surface area contributed by atoms with E-state index < -0.39 is 11.8 Å². The summed E-state index contributed by atoms with van der Waals surface area (Å²) in [7, 11) is 3.05. The highest BCUT2D eigenvalue weighted by atomic mass is 16.5. The molecule has 0 radical (unpaired) electrons. The summed E-state index contributed by atoms with van der Waals surface area (Å²) in [5, 5.41) is 0. The molecule has 0 aromatic heterocycles. The molecule has 164 valence electrons. The van der Waals surface area contributed by atoms with E-state index in [9.17, 15) is 14.4 Å². The molecule has 4 atom stereocenters. The van der Waals surface area contributed by atoms with Gasteiger partial charge in [0.05, 0.1) is 31.7 Å². The highest BCUT2D eigenvalue weighted by molar-refractivity contribution is 6.24. The number of anilines is 1. The van der Waals surface area contributed by atoms with Crippen LogP contribution in [0.25, 0.3) is 0 Å². The lowest BCUT2D eigenvalue weighted by Crippen LogP contribution is -2.45. The van der Waals surface area contributed by atoms with Crippen molar-refractivity contribution < 1.29 is 23.9 Å². The number of ketones is 1. The van der Waals surface area contributed by atoms with E-state index in [2.05, 4.69) is 0 Å². The minimum absolute atomic E-state index is 0.0528. The Labute approximate surface area is 190 Å². The van der Waals surface area contributed by atoms with E-state index in [-0.39, 0.29) is 29.4 Å². The monoisotopic (exact) mass is 439 g/mol. The first-order valence-corrected chi connectivity index (χ1v) is 10.9. The molecule has 2 aliphatic carbocycles. The Morgan fingerprint density at radius 1 is 0.636 bits per heavy atom. The minimum Gasteiger partial charge on any atom is -0.497 e. The van der Waals surface area contributed by atoms with Crippen LogP contribution in [0.5, 0.6) is 11.5 Å². The van der Waals surface area contributed by atoms with Crippen molar-refractivity contribution in [1.29, 1.82) is 0 Å². The van der Waals surface area contributed by atoms with Gasteiger partial charge in [-0.05, 0) is 11.1 Å². The zero-order valence-corrected chi connectivity index (χ0v) is 18.1. The van der Waals surface area contributed by atoms with Gasteiger partial charge in [-0.3, -0.25) is 14.4 Å². The van der Waals surface area contributed by atoms with Gasteiger partial charge in [-0.15, -0.1) is 0 Å². The van der Waals surface area contributed by atoms with Crippen molar-refractivity contribution in [3.8, 4) is 11.5 Å². The van der Waals surface area contributed by atoms with Gasteiger partial charge in [0.15, 0.2) is 5.78 Å². The molecule has 2 amide bonds. The van der Waals surface area contributed by atoms with Gasteiger partial charge in [-0.2, -0.15) is 0 Å². The molecule has 3 aromatic carbocycles. The lowest BCUT2D eigenvalue weighted by Gasteiger charge is -2.46. The topological polar surface area (TPSA) is 72.9 Å². The van der Waals surface area contributed by atoms with Crippen LogP contribution in [0.3, 0.4) is 0 Å². The zero-order chi connectivity index (χ0) is 22.9. The van der Waals surface area contributed by atoms with Crippen LogP contribution in [-0.4, -0.2) is 31.8 Å². The molecule has 0 bridgehead atoms. The first-order valence-electron chi connectivity index (χ1n) is 10.9. The number of amides is 2. The number of carbonyl (C=O) groups excluding carboxylic acids is 3. The standard InChI is InChI=1S/C27H21NO5/c1-32-15-11-14(12-16(13-15)33-2)28-26(30)23-21-17-7-3-5-9-19(17)25(29)20-10-6-4-8-18(20)22(21)24(23)27(28)31/h3-13,21-24H,1-2H3/t21-,22+,23-,24+. The predicted molar refractivity (Wildman–Crippen MR) is 121 cm³/mol. The lowest BCUT2D eigenvalue weighted by molar-refractivity contribution is -0.127. The van der Waals surface area contributed by atoms with E-state index in [0.717, 1.165) is 11.1 Å². The second-order valence-corrected chi connectivity index (χ2v) is 8.69. The Bertz CT molecular complexity index is 1250. The van der Waals surface area contributed by atoms with E-state index in [4.69, 9.17) is 9.47 Å². The summed E-state index contributed by atoms with van der Waals surface area (Å²) in [6.45, 7) is 0. The van der Waals surface area contributed by atoms with Gasteiger partial charge < -0.3 is 9.47 Å². The van der Waals surface area contributed by atoms with Gasteiger partial charge in [0.25, 0.3) is 0 Å². The molecule has 3 aromatic rings. The number of rotatable bonds is 3. The number of benzene rings is 3. The van der Waals surface area contributed by atoms with E-state index in [1.807, 2.05) is 48.5 Å². The number of fused-ring (bicyclic) bond motifs is 8. The van der Waals surface area contributed by atoms with Crippen LogP contribution in [0.4, 0.5) is 5.69 Å². The van der Waals surface area contributed by atoms with E-state index >= 15 is 0 Å². The van der Waals surface area contributed by atoms with Crippen molar-refractivity contribution in [3.63, 3.8) is 0 Å². The fourth-order valence-electron chi connectivity index (χ4n) is 5.85. The molecule has 6 heteroatoms. The van der Waals surface area contributed by atoms with Crippen LogP contribution >= 0.6 is 0 Å². The van der Waals surface area contributed by atoms with Crippen molar-refractivity contribution >= 4 is 23.3 Å². The number of hydrogen-bond acceptors (Lipinski definition) is 5. The van der Waals surface area contributed by atoms with E-state index in [0.29, 0.717) is 28.3 Å². The molecule has 3 aliphatic rings. The molecule has 6 nitrogen and oxygen atoms in total. The third kappa shape index (κ3) is 2.58. The average Bonchev–Trinajstić information content (AvgIpc) is 2.99. The van der Waals surface area contributed by atoms with Crippen LogP contribution < -0.4 is 14.4 Å². The Morgan fingerprint density at radius 2 is 1.09 bits per heavy atom.